The average Bonchev–Trinajstić information content (AvgIpc) is 2.95. The van der Waals surface area contributed by atoms with Crippen LogP contribution in [0.2, 0.25) is 0 Å². The van der Waals surface area contributed by atoms with Crippen LogP contribution in [0.25, 0.3) is 0 Å². The van der Waals surface area contributed by atoms with E-state index in [-0.39, 0.29) is 24.4 Å². The van der Waals surface area contributed by atoms with Gasteiger partial charge in [0.15, 0.2) is 0 Å². The van der Waals surface area contributed by atoms with Crippen LogP contribution in [-0.2, 0) is 4.79 Å². The number of carbonyl (C=O) groups excluding carboxylic acids is 1. The SMILES string of the molecule is NC1C=CC(C(=O)NCC(O)c2ccsc2)C1. The Balaban J connectivity index is 1.79. The highest BCUT2D eigenvalue weighted by molar-refractivity contribution is 7.07. The Kier molecular flexibility index (Phi) is 3.93. The second kappa shape index (κ2) is 5.44. The van der Waals surface area contributed by atoms with Crippen molar-refractivity contribution >= 4 is 17.2 Å². The third-order valence-corrected chi connectivity index (χ3v) is 3.55. The Morgan fingerprint density at radius 3 is 3.06 bits per heavy atom. The molecule has 1 aliphatic rings. The van der Waals surface area contributed by atoms with Crippen LogP contribution >= 0.6 is 11.3 Å². The smallest absolute Gasteiger partial charge is 0.227 e. The van der Waals surface area contributed by atoms with Gasteiger partial charge >= 0.3 is 0 Å². The lowest BCUT2D eigenvalue weighted by atomic mass is 10.1. The predicted octanol–water partition coefficient (Wildman–Crippen LogP) is 0.801. The van der Waals surface area contributed by atoms with E-state index in [2.05, 4.69) is 5.32 Å². The Hall–Kier alpha value is -1.17. The van der Waals surface area contributed by atoms with Crippen molar-refractivity contribution < 1.29 is 9.90 Å². The molecule has 0 saturated heterocycles. The largest absolute Gasteiger partial charge is 0.387 e. The molecule has 2 rings (SSSR count). The lowest BCUT2D eigenvalue weighted by molar-refractivity contribution is -0.124. The fourth-order valence-electron chi connectivity index (χ4n) is 1.83. The molecule has 3 atom stereocenters. The summed E-state index contributed by atoms with van der Waals surface area (Å²) in [7, 11) is 0. The first-order chi connectivity index (χ1) is 8.16. The predicted molar refractivity (Wildman–Crippen MR) is 67.5 cm³/mol. The maximum Gasteiger partial charge on any atom is 0.227 e. The molecule has 0 saturated carbocycles. The molecule has 0 aromatic carbocycles. The maximum absolute atomic E-state index is 11.7. The minimum atomic E-state index is -0.635. The van der Waals surface area contributed by atoms with Gasteiger partial charge in [0.25, 0.3) is 0 Å². The van der Waals surface area contributed by atoms with E-state index >= 15 is 0 Å². The van der Waals surface area contributed by atoms with Gasteiger partial charge in [0.1, 0.15) is 0 Å². The summed E-state index contributed by atoms with van der Waals surface area (Å²) >= 11 is 1.53. The number of carbonyl (C=O) groups is 1. The van der Waals surface area contributed by atoms with E-state index in [9.17, 15) is 9.90 Å². The molecular weight excluding hydrogens is 236 g/mol. The van der Waals surface area contributed by atoms with Crippen molar-refractivity contribution in [3.63, 3.8) is 0 Å². The van der Waals surface area contributed by atoms with Crippen molar-refractivity contribution in [1.29, 1.82) is 0 Å². The second-order valence-corrected chi connectivity index (χ2v) is 4.99. The van der Waals surface area contributed by atoms with Gasteiger partial charge in [-0.2, -0.15) is 11.3 Å². The molecule has 1 heterocycles. The van der Waals surface area contributed by atoms with E-state index in [1.54, 1.807) is 0 Å². The van der Waals surface area contributed by atoms with Gasteiger partial charge < -0.3 is 16.2 Å². The summed E-state index contributed by atoms with van der Waals surface area (Å²) in [5.74, 6) is -0.219. The zero-order valence-electron chi connectivity index (χ0n) is 9.37. The number of amides is 1. The standard InChI is InChI=1S/C12H16N2O2S/c13-10-2-1-8(5-10)12(16)14-6-11(15)9-3-4-17-7-9/h1-4,7-8,10-11,15H,5-6,13H2,(H,14,16). The van der Waals surface area contributed by atoms with Crippen molar-refractivity contribution in [2.45, 2.75) is 18.6 Å². The molecule has 0 aliphatic heterocycles. The number of aliphatic hydroxyl groups excluding tert-OH is 1. The molecule has 4 N–H and O–H groups in total. The number of nitrogens with one attached hydrogen (secondary N) is 1. The molecule has 3 unspecified atom stereocenters. The summed E-state index contributed by atoms with van der Waals surface area (Å²) in [5, 5.41) is 16.3. The van der Waals surface area contributed by atoms with Crippen LogP contribution in [-0.4, -0.2) is 23.6 Å². The fourth-order valence-corrected chi connectivity index (χ4v) is 2.54. The number of hydrogen-bond donors (Lipinski definition) is 3. The molecule has 4 nitrogen and oxygen atoms in total. The van der Waals surface area contributed by atoms with Crippen molar-refractivity contribution in [3.05, 3.63) is 34.5 Å². The van der Waals surface area contributed by atoms with Crippen LogP contribution in [0.1, 0.15) is 18.1 Å². The maximum atomic E-state index is 11.7. The highest BCUT2D eigenvalue weighted by Crippen LogP contribution is 2.18. The molecule has 1 aliphatic carbocycles. The van der Waals surface area contributed by atoms with Crippen molar-refractivity contribution in [2.75, 3.05) is 6.54 Å². The Morgan fingerprint density at radius 1 is 1.65 bits per heavy atom. The normalized spacial score (nSPS) is 24.8. The molecule has 0 spiro atoms. The molecular formula is C12H16N2O2S. The first kappa shape index (κ1) is 12.3. The number of hydrogen-bond acceptors (Lipinski definition) is 4. The van der Waals surface area contributed by atoms with Crippen LogP contribution in [0.5, 0.6) is 0 Å². The minimum Gasteiger partial charge on any atom is -0.387 e. The third-order valence-electron chi connectivity index (χ3n) is 2.85. The molecule has 5 heteroatoms. The Bertz CT molecular complexity index is 403. The zero-order chi connectivity index (χ0) is 12.3. The lowest BCUT2D eigenvalue weighted by Crippen LogP contribution is -2.33. The molecule has 1 aromatic rings. The summed E-state index contributed by atoms with van der Waals surface area (Å²) in [4.78, 5) is 11.7. The van der Waals surface area contributed by atoms with E-state index < -0.39 is 6.10 Å². The van der Waals surface area contributed by atoms with E-state index in [0.29, 0.717) is 6.42 Å². The number of rotatable bonds is 4. The molecule has 1 aromatic heterocycles. The minimum absolute atomic E-state index is 0.0208. The summed E-state index contributed by atoms with van der Waals surface area (Å²) < 4.78 is 0. The monoisotopic (exact) mass is 252 g/mol. The van der Waals surface area contributed by atoms with E-state index in [1.807, 2.05) is 29.0 Å². The first-order valence-electron chi connectivity index (χ1n) is 5.58. The van der Waals surface area contributed by atoms with Gasteiger partial charge in [-0.1, -0.05) is 12.2 Å². The molecule has 0 radical (unpaired) electrons. The van der Waals surface area contributed by atoms with Gasteiger partial charge in [0, 0.05) is 12.6 Å². The summed E-state index contributed by atoms with van der Waals surface area (Å²) in [6.45, 7) is 0.245. The second-order valence-electron chi connectivity index (χ2n) is 4.21. The summed E-state index contributed by atoms with van der Waals surface area (Å²) in [5.41, 5.74) is 6.52. The number of thiophene rings is 1. The van der Waals surface area contributed by atoms with Crippen LogP contribution in [0, 0.1) is 5.92 Å². The van der Waals surface area contributed by atoms with E-state index in [1.165, 1.54) is 11.3 Å². The lowest BCUT2D eigenvalue weighted by Gasteiger charge is -2.13. The third kappa shape index (κ3) is 3.15. The number of aliphatic hydroxyl groups is 1. The van der Waals surface area contributed by atoms with Crippen molar-refractivity contribution in [2.24, 2.45) is 11.7 Å². The van der Waals surface area contributed by atoms with Gasteiger partial charge in [-0.05, 0) is 28.8 Å². The molecule has 92 valence electrons. The topological polar surface area (TPSA) is 75.4 Å². The molecule has 1 amide bonds. The van der Waals surface area contributed by atoms with Gasteiger partial charge in [-0.25, -0.2) is 0 Å². The fraction of sp³-hybridized carbons (Fsp3) is 0.417. The van der Waals surface area contributed by atoms with Gasteiger partial charge in [-0.3, -0.25) is 4.79 Å². The highest BCUT2D eigenvalue weighted by Gasteiger charge is 2.23. The highest BCUT2D eigenvalue weighted by atomic mass is 32.1. The average molecular weight is 252 g/mol. The quantitative estimate of drug-likeness (QED) is 0.694. The van der Waals surface area contributed by atoms with Gasteiger partial charge in [0.05, 0.1) is 12.0 Å². The van der Waals surface area contributed by atoms with Crippen molar-refractivity contribution in [3.8, 4) is 0 Å². The summed E-state index contributed by atoms with van der Waals surface area (Å²) in [6, 6.07) is 1.83. The summed E-state index contributed by atoms with van der Waals surface area (Å²) in [6.07, 6.45) is 3.70. The Labute approximate surface area is 104 Å². The van der Waals surface area contributed by atoms with Crippen molar-refractivity contribution in [1.82, 2.24) is 5.32 Å². The van der Waals surface area contributed by atoms with E-state index in [4.69, 9.17) is 5.73 Å². The zero-order valence-corrected chi connectivity index (χ0v) is 10.2. The molecule has 17 heavy (non-hydrogen) atoms. The first-order valence-corrected chi connectivity index (χ1v) is 6.53. The van der Waals surface area contributed by atoms with Gasteiger partial charge in [-0.15, -0.1) is 0 Å². The Morgan fingerprint density at radius 2 is 2.47 bits per heavy atom. The molecule has 0 fully saturated rings. The van der Waals surface area contributed by atoms with Crippen LogP contribution in [0.15, 0.2) is 29.0 Å². The van der Waals surface area contributed by atoms with Gasteiger partial charge in [0.2, 0.25) is 5.91 Å². The van der Waals surface area contributed by atoms with Crippen LogP contribution in [0.3, 0.4) is 0 Å². The molecule has 0 bridgehead atoms. The van der Waals surface area contributed by atoms with Crippen LogP contribution < -0.4 is 11.1 Å². The van der Waals surface area contributed by atoms with E-state index in [0.717, 1.165) is 5.56 Å². The van der Waals surface area contributed by atoms with Crippen LogP contribution in [0.4, 0.5) is 0 Å². The number of nitrogens with two attached hydrogens (primary N) is 1.